The van der Waals surface area contributed by atoms with Crippen molar-refractivity contribution in [2.45, 2.75) is 26.3 Å². The zero-order valence-electron chi connectivity index (χ0n) is 15.5. The van der Waals surface area contributed by atoms with Gasteiger partial charge in [-0.15, -0.1) is 0 Å². The standard InChI is InChI=1S/C18H26N4O4/c1-4-19-7-8-20-17(23)6-5-9-22-12-21-14-11-16(26-3)15(25-2)10-13(14)18(22)24/h10-12,19H,4-9H2,1-3H3,(H,20,23). The quantitative estimate of drug-likeness (QED) is 0.611. The van der Waals surface area contributed by atoms with Crippen LogP contribution in [0, 0.1) is 0 Å². The Kier molecular flexibility index (Phi) is 7.40. The minimum absolute atomic E-state index is 0.0175. The van der Waals surface area contributed by atoms with Gasteiger partial charge in [0.25, 0.3) is 5.56 Å². The Morgan fingerprint density at radius 2 is 1.92 bits per heavy atom. The number of ether oxygens (including phenoxy) is 2. The lowest BCUT2D eigenvalue weighted by Gasteiger charge is -2.10. The molecule has 1 amide bonds. The summed E-state index contributed by atoms with van der Waals surface area (Å²) in [6.07, 6.45) is 2.43. The summed E-state index contributed by atoms with van der Waals surface area (Å²) in [7, 11) is 3.06. The van der Waals surface area contributed by atoms with E-state index in [0.717, 1.165) is 13.1 Å². The first-order chi connectivity index (χ1) is 12.6. The van der Waals surface area contributed by atoms with Crippen molar-refractivity contribution in [3.63, 3.8) is 0 Å². The third kappa shape index (κ3) is 4.95. The monoisotopic (exact) mass is 362 g/mol. The topological polar surface area (TPSA) is 94.5 Å². The lowest BCUT2D eigenvalue weighted by atomic mass is 10.2. The highest BCUT2D eigenvalue weighted by Gasteiger charge is 2.11. The van der Waals surface area contributed by atoms with Crippen LogP contribution in [-0.2, 0) is 11.3 Å². The predicted octanol–water partition coefficient (Wildman–Crippen LogP) is 0.920. The van der Waals surface area contributed by atoms with Gasteiger partial charge >= 0.3 is 0 Å². The largest absolute Gasteiger partial charge is 0.493 e. The number of carbonyl (C=O) groups is 1. The van der Waals surface area contributed by atoms with Gasteiger partial charge in [0.2, 0.25) is 5.91 Å². The molecule has 0 unspecified atom stereocenters. The van der Waals surface area contributed by atoms with E-state index in [1.165, 1.54) is 25.1 Å². The molecule has 2 rings (SSSR count). The van der Waals surface area contributed by atoms with Crippen LogP contribution in [0.25, 0.3) is 10.9 Å². The van der Waals surface area contributed by atoms with Crippen molar-refractivity contribution in [3.8, 4) is 11.5 Å². The van der Waals surface area contributed by atoms with Gasteiger partial charge in [0.1, 0.15) is 0 Å². The first kappa shape index (κ1) is 19.7. The highest BCUT2D eigenvalue weighted by Crippen LogP contribution is 2.29. The minimum atomic E-state index is -0.163. The highest BCUT2D eigenvalue weighted by atomic mass is 16.5. The first-order valence-corrected chi connectivity index (χ1v) is 8.69. The number of hydrogen-bond donors (Lipinski definition) is 2. The Hall–Kier alpha value is -2.61. The fourth-order valence-electron chi connectivity index (χ4n) is 2.61. The summed E-state index contributed by atoms with van der Waals surface area (Å²) >= 11 is 0. The molecule has 142 valence electrons. The Morgan fingerprint density at radius 1 is 1.19 bits per heavy atom. The summed E-state index contributed by atoms with van der Waals surface area (Å²) in [4.78, 5) is 28.7. The number of carbonyl (C=O) groups excluding carboxylic acids is 1. The third-order valence-electron chi connectivity index (χ3n) is 4.01. The fraction of sp³-hybridized carbons (Fsp3) is 0.500. The lowest BCUT2D eigenvalue weighted by Crippen LogP contribution is -2.31. The number of hydrogen-bond acceptors (Lipinski definition) is 6. The molecule has 8 heteroatoms. The summed E-state index contributed by atoms with van der Waals surface area (Å²) < 4.78 is 12.0. The Balaban J connectivity index is 2.01. The van der Waals surface area contributed by atoms with Crippen molar-refractivity contribution in [3.05, 3.63) is 28.8 Å². The van der Waals surface area contributed by atoms with Crippen LogP contribution in [-0.4, -0.2) is 49.3 Å². The smallest absolute Gasteiger partial charge is 0.261 e. The molecule has 0 atom stereocenters. The van der Waals surface area contributed by atoms with Crippen molar-refractivity contribution in [1.29, 1.82) is 0 Å². The molecule has 0 aliphatic rings. The van der Waals surface area contributed by atoms with Crippen LogP contribution in [0.15, 0.2) is 23.3 Å². The number of rotatable bonds is 10. The molecule has 0 saturated carbocycles. The SMILES string of the molecule is CCNCCNC(=O)CCCn1cnc2cc(OC)c(OC)cc2c1=O. The molecule has 0 fully saturated rings. The lowest BCUT2D eigenvalue weighted by molar-refractivity contribution is -0.121. The summed E-state index contributed by atoms with van der Waals surface area (Å²) in [5, 5.41) is 6.44. The van der Waals surface area contributed by atoms with Gasteiger partial charge < -0.3 is 20.1 Å². The molecular weight excluding hydrogens is 336 g/mol. The van der Waals surface area contributed by atoms with Crippen molar-refractivity contribution in [1.82, 2.24) is 20.2 Å². The molecule has 2 N–H and O–H groups in total. The highest BCUT2D eigenvalue weighted by molar-refractivity contribution is 5.81. The summed E-state index contributed by atoms with van der Waals surface area (Å²) in [6.45, 7) is 4.68. The zero-order valence-corrected chi connectivity index (χ0v) is 15.5. The number of nitrogens with one attached hydrogen (secondary N) is 2. The summed E-state index contributed by atoms with van der Waals surface area (Å²) in [5.74, 6) is 0.992. The van der Waals surface area contributed by atoms with Gasteiger partial charge in [-0.2, -0.15) is 0 Å². The number of aromatic nitrogens is 2. The average molecular weight is 362 g/mol. The minimum Gasteiger partial charge on any atom is -0.493 e. The second kappa shape index (κ2) is 9.76. The summed E-state index contributed by atoms with van der Waals surface area (Å²) in [5.41, 5.74) is 0.383. The third-order valence-corrected chi connectivity index (χ3v) is 4.01. The van der Waals surface area contributed by atoms with E-state index in [-0.39, 0.29) is 11.5 Å². The van der Waals surface area contributed by atoms with Gasteiger partial charge in [-0.05, 0) is 19.0 Å². The van der Waals surface area contributed by atoms with Gasteiger partial charge in [0, 0.05) is 32.1 Å². The van der Waals surface area contributed by atoms with Gasteiger partial charge in [0.05, 0.1) is 31.4 Å². The molecule has 0 aliphatic heterocycles. The molecule has 1 aromatic carbocycles. The second-order valence-corrected chi connectivity index (χ2v) is 5.77. The Morgan fingerprint density at radius 3 is 2.62 bits per heavy atom. The zero-order chi connectivity index (χ0) is 18.9. The van der Waals surface area contributed by atoms with E-state index in [4.69, 9.17) is 9.47 Å². The molecule has 2 aromatic rings. The van der Waals surface area contributed by atoms with E-state index < -0.39 is 0 Å². The maximum atomic E-state index is 12.6. The maximum absolute atomic E-state index is 12.6. The molecule has 0 bridgehead atoms. The van der Waals surface area contributed by atoms with Crippen molar-refractivity contribution in [2.24, 2.45) is 0 Å². The number of aryl methyl sites for hydroxylation is 1. The molecule has 0 radical (unpaired) electrons. The number of amides is 1. The molecular formula is C18H26N4O4. The number of methoxy groups -OCH3 is 2. The Bertz CT molecular complexity index is 804. The summed E-state index contributed by atoms with van der Waals surface area (Å²) in [6, 6.07) is 3.31. The van der Waals surface area contributed by atoms with Crippen LogP contribution in [0.5, 0.6) is 11.5 Å². The molecule has 8 nitrogen and oxygen atoms in total. The van der Waals surface area contributed by atoms with Gasteiger partial charge in [-0.25, -0.2) is 4.98 Å². The van der Waals surface area contributed by atoms with Crippen LogP contribution in [0.4, 0.5) is 0 Å². The van der Waals surface area contributed by atoms with E-state index in [9.17, 15) is 9.59 Å². The van der Waals surface area contributed by atoms with E-state index in [0.29, 0.717) is 48.3 Å². The molecule has 0 spiro atoms. The van der Waals surface area contributed by atoms with Gasteiger partial charge in [0.15, 0.2) is 11.5 Å². The number of fused-ring (bicyclic) bond motifs is 1. The van der Waals surface area contributed by atoms with Crippen LogP contribution in [0.1, 0.15) is 19.8 Å². The van der Waals surface area contributed by atoms with Crippen molar-refractivity contribution >= 4 is 16.8 Å². The van der Waals surface area contributed by atoms with Crippen LogP contribution in [0.3, 0.4) is 0 Å². The van der Waals surface area contributed by atoms with E-state index in [1.807, 2.05) is 6.92 Å². The average Bonchev–Trinajstić information content (AvgIpc) is 2.66. The fourth-order valence-corrected chi connectivity index (χ4v) is 2.61. The van der Waals surface area contributed by atoms with Gasteiger partial charge in [-0.3, -0.25) is 14.2 Å². The first-order valence-electron chi connectivity index (χ1n) is 8.69. The van der Waals surface area contributed by atoms with E-state index >= 15 is 0 Å². The number of likely N-dealkylation sites (N-methyl/N-ethyl adjacent to an activating group) is 1. The van der Waals surface area contributed by atoms with Crippen LogP contribution in [0.2, 0.25) is 0 Å². The van der Waals surface area contributed by atoms with E-state index in [1.54, 1.807) is 12.1 Å². The van der Waals surface area contributed by atoms with Crippen LogP contribution >= 0.6 is 0 Å². The van der Waals surface area contributed by atoms with Crippen LogP contribution < -0.4 is 25.7 Å². The molecule has 1 heterocycles. The van der Waals surface area contributed by atoms with E-state index in [2.05, 4.69) is 15.6 Å². The molecule has 0 aliphatic carbocycles. The number of benzene rings is 1. The van der Waals surface area contributed by atoms with Crippen molar-refractivity contribution < 1.29 is 14.3 Å². The van der Waals surface area contributed by atoms with Crippen molar-refractivity contribution in [2.75, 3.05) is 33.9 Å². The molecule has 26 heavy (non-hydrogen) atoms. The molecule has 0 saturated heterocycles. The second-order valence-electron chi connectivity index (χ2n) is 5.77. The number of nitrogens with zero attached hydrogens (tertiary/aromatic N) is 2. The Labute approximate surface area is 152 Å². The predicted molar refractivity (Wildman–Crippen MR) is 99.9 cm³/mol. The normalized spacial score (nSPS) is 10.7. The maximum Gasteiger partial charge on any atom is 0.261 e. The molecule has 1 aromatic heterocycles. The van der Waals surface area contributed by atoms with Gasteiger partial charge in [-0.1, -0.05) is 6.92 Å².